The summed E-state index contributed by atoms with van der Waals surface area (Å²) in [6.07, 6.45) is 0. The van der Waals surface area contributed by atoms with Gasteiger partial charge in [0.1, 0.15) is 5.75 Å². The van der Waals surface area contributed by atoms with Crippen molar-refractivity contribution in [2.24, 2.45) is 0 Å². The molecule has 0 aliphatic rings. The van der Waals surface area contributed by atoms with E-state index in [4.69, 9.17) is 14.4 Å². The molecule has 1 N–H and O–H groups in total. The van der Waals surface area contributed by atoms with Gasteiger partial charge in [0.05, 0.1) is 10.0 Å². The minimum absolute atomic E-state index is 0.131. The van der Waals surface area contributed by atoms with Crippen LogP contribution in [0, 0.1) is 6.92 Å². The van der Waals surface area contributed by atoms with Gasteiger partial charge < -0.3 is 14.4 Å². The zero-order chi connectivity index (χ0) is 13.1. The lowest BCUT2D eigenvalue weighted by molar-refractivity contribution is 0.0696. The number of aromatic carboxylic acids is 1. The molecule has 0 spiro atoms. The molecule has 2 rings (SSSR count). The highest BCUT2D eigenvalue weighted by Gasteiger charge is 2.09. The van der Waals surface area contributed by atoms with Crippen LogP contribution in [0.4, 0.5) is 0 Å². The third-order valence-electron chi connectivity index (χ3n) is 2.10. The van der Waals surface area contributed by atoms with Gasteiger partial charge in [-0.15, -0.1) is 0 Å². The van der Waals surface area contributed by atoms with Crippen LogP contribution in [0.1, 0.15) is 22.1 Å². The van der Waals surface area contributed by atoms with Gasteiger partial charge in [-0.2, -0.15) is 4.98 Å². The molecular weight excluding hydrogens is 304 g/mol. The van der Waals surface area contributed by atoms with E-state index in [1.807, 2.05) is 0 Å². The van der Waals surface area contributed by atoms with Crippen LogP contribution >= 0.6 is 15.9 Å². The Kier molecular flexibility index (Phi) is 3.61. The van der Waals surface area contributed by atoms with E-state index in [1.54, 1.807) is 13.0 Å². The molecule has 1 heterocycles. The highest BCUT2D eigenvalue weighted by molar-refractivity contribution is 9.10. The second-order valence-electron chi connectivity index (χ2n) is 3.47. The van der Waals surface area contributed by atoms with Gasteiger partial charge in [-0.1, -0.05) is 5.16 Å². The Morgan fingerprint density at radius 2 is 2.33 bits per heavy atom. The minimum atomic E-state index is -0.991. The van der Waals surface area contributed by atoms with E-state index >= 15 is 0 Å². The summed E-state index contributed by atoms with van der Waals surface area (Å²) in [7, 11) is 0. The van der Waals surface area contributed by atoms with E-state index in [9.17, 15) is 4.79 Å². The van der Waals surface area contributed by atoms with Crippen LogP contribution in [0.3, 0.4) is 0 Å². The SMILES string of the molecule is Cc1noc(COc2ccc(C(=O)O)cc2Br)n1. The first kappa shape index (κ1) is 12.6. The predicted molar refractivity (Wildman–Crippen MR) is 64.5 cm³/mol. The molecule has 0 saturated heterocycles. The van der Waals surface area contributed by atoms with Crippen LogP contribution in [0.25, 0.3) is 0 Å². The van der Waals surface area contributed by atoms with Crippen LogP contribution in [0.15, 0.2) is 27.2 Å². The maximum absolute atomic E-state index is 10.8. The Morgan fingerprint density at radius 1 is 1.56 bits per heavy atom. The lowest BCUT2D eigenvalue weighted by Crippen LogP contribution is -1.99. The van der Waals surface area contributed by atoms with Crippen molar-refractivity contribution in [3.63, 3.8) is 0 Å². The predicted octanol–water partition coefficient (Wildman–Crippen LogP) is 2.42. The fourth-order valence-corrected chi connectivity index (χ4v) is 1.78. The molecule has 0 saturated carbocycles. The molecule has 0 bridgehead atoms. The Labute approximate surface area is 111 Å². The zero-order valence-corrected chi connectivity index (χ0v) is 11.0. The van der Waals surface area contributed by atoms with Crippen LogP contribution in [-0.4, -0.2) is 21.2 Å². The standard InChI is InChI=1S/C11H9BrN2O4/c1-6-13-10(18-14-6)5-17-9-3-2-7(11(15)16)4-8(9)12/h2-4H,5H2,1H3,(H,15,16). The summed E-state index contributed by atoms with van der Waals surface area (Å²) in [4.78, 5) is 14.7. The zero-order valence-electron chi connectivity index (χ0n) is 9.38. The number of nitrogens with zero attached hydrogens (tertiary/aromatic N) is 2. The Bertz CT molecular complexity index is 582. The van der Waals surface area contributed by atoms with Crippen LogP contribution in [0.2, 0.25) is 0 Å². The molecule has 0 atom stereocenters. The third-order valence-corrected chi connectivity index (χ3v) is 2.72. The molecule has 2 aromatic rings. The minimum Gasteiger partial charge on any atom is -0.483 e. The maximum Gasteiger partial charge on any atom is 0.335 e. The summed E-state index contributed by atoms with van der Waals surface area (Å²) < 4.78 is 10.9. The van der Waals surface area contributed by atoms with E-state index in [0.29, 0.717) is 21.9 Å². The molecule has 0 aliphatic heterocycles. The van der Waals surface area contributed by atoms with Gasteiger partial charge in [0.25, 0.3) is 5.89 Å². The lowest BCUT2D eigenvalue weighted by atomic mass is 10.2. The van der Waals surface area contributed by atoms with Crippen molar-refractivity contribution in [3.8, 4) is 5.75 Å². The van der Waals surface area contributed by atoms with E-state index in [2.05, 4.69) is 26.1 Å². The van der Waals surface area contributed by atoms with E-state index in [0.717, 1.165) is 0 Å². The Hall–Kier alpha value is -1.89. The first-order valence-electron chi connectivity index (χ1n) is 5.01. The number of halogens is 1. The monoisotopic (exact) mass is 312 g/mol. The number of hydrogen-bond acceptors (Lipinski definition) is 5. The quantitative estimate of drug-likeness (QED) is 0.933. The molecule has 0 unspecified atom stereocenters. The molecule has 0 amide bonds. The number of carboxylic acid groups (broad SMARTS) is 1. The topological polar surface area (TPSA) is 85.5 Å². The van der Waals surface area contributed by atoms with Crippen molar-refractivity contribution in [3.05, 3.63) is 40.0 Å². The van der Waals surface area contributed by atoms with E-state index in [1.165, 1.54) is 12.1 Å². The highest BCUT2D eigenvalue weighted by Crippen LogP contribution is 2.26. The molecule has 6 nitrogen and oxygen atoms in total. The largest absolute Gasteiger partial charge is 0.483 e. The average Bonchev–Trinajstić information content (AvgIpc) is 2.73. The first-order valence-corrected chi connectivity index (χ1v) is 5.80. The molecule has 0 radical (unpaired) electrons. The van der Waals surface area contributed by atoms with E-state index < -0.39 is 5.97 Å². The summed E-state index contributed by atoms with van der Waals surface area (Å²) in [6.45, 7) is 1.84. The normalized spacial score (nSPS) is 10.3. The van der Waals surface area contributed by atoms with Gasteiger partial charge in [0.2, 0.25) is 0 Å². The van der Waals surface area contributed by atoms with Crippen molar-refractivity contribution < 1.29 is 19.2 Å². The Balaban J connectivity index is 2.08. The summed E-state index contributed by atoms with van der Waals surface area (Å²) >= 11 is 3.24. The van der Waals surface area contributed by atoms with Gasteiger partial charge in [0, 0.05) is 0 Å². The molecule has 1 aromatic heterocycles. The molecule has 94 valence electrons. The van der Waals surface area contributed by atoms with Crippen molar-refractivity contribution in [1.29, 1.82) is 0 Å². The van der Waals surface area contributed by atoms with Crippen molar-refractivity contribution in [2.75, 3.05) is 0 Å². The summed E-state index contributed by atoms with van der Waals surface area (Å²) in [5, 5.41) is 12.4. The smallest absolute Gasteiger partial charge is 0.335 e. The second kappa shape index (κ2) is 5.18. The fraction of sp³-hybridized carbons (Fsp3) is 0.182. The molecule has 1 aromatic carbocycles. The summed E-state index contributed by atoms with van der Waals surface area (Å²) in [6, 6.07) is 4.50. The van der Waals surface area contributed by atoms with Gasteiger partial charge in [0.15, 0.2) is 12.4 Å². The fourth-order valence-electron chi connectivity index (χ4n) is 1.29. The highest BCUT2D eigenvalue weighted by atomic mass is 79.9. The van der Waals surface area contributed by atoms with Crippen LogP contribution in [-0.2, 0) is 6.61 Å². The summed E-state index contributed by atoms with van der Waals surface area (Å²) in [5.74, 6) is 0.418. The Morgan fingerprint density at radius 3 is 2.89 bits per heavy atom. The third kappa shape index (κ3) is 2.86. The van der Waals surface area contributed by atoms with Gasteiger partial charge >= 0.3 is 5.97 Å². The summed E-state index contributed by atoms with van der Waals surface area (Å²) in [5.41, 5.74) is 0.183. The first-order chi connectivity index (χ1) is 8.56. The van der Waals surface area contributed by atoms with Crippen molar-refractivity contribution in [2.45, 2.75) is 13.5 Å². The number of hydrogen-bond donors (Lipinski definition) is 1. The molecule has 0 aliphatic carbocycles. The molecule has 7 heteroatoms. The van der Waals surface area contributed by atoms with Gasteiger partial charge in [-0.3, -0.25) is 0 Å². The number of carbonyl (C=O) groups is 1. The number of aromatic nitrogens is 2. The number of carboxylic acids is 1. The molecule has 18 heavy (non-hydrogen) atoms. The number of aryl methyl sites for hydroxylation is 1. The van der Waals surface area contributed by atoms with Gasteiger partial charge in [-0.25, -0.2) is 4.79 Å². The van der Waals surface area contributed by atoms with E-state index in [-0.39, 0.29) is 12.2 Å². The number of benzene rings is 1. The van der Waals surface area contributed by atoms with Gasteiger partial charge in [-0.05, 0) is 41.1 Å². The molecular formula is C11H9BrN2O4. The average molecular weight is 313 g/mol. The van der Waals surface area contributed by atoms with Crippen molar-refractivity contribution >= 4 is 21.9 Å². The van der Waals surface area contributed by atoms with Crippen LogP contribution in [0.5, 0.6) is 5.75 Å². The van der Waals surface area contributed by atoms with Crippen LogP contribution < -0.4 is 4.74 Å². The van der Waals surface area contributed by atoms with Crippen molar-refractivity contribution in [1.82, 2.24) is 10.1 Å². The lowest BCUT2D eigenvalue weighted by Gasteiger charge is -2.06. The maximum atomic E-state index is 10.8. The number of ether oxygens (including phenoxy) is 1. The number of rotatable bonds is 4. The second-order valence-corrected chi connectivity index (χ2v) is 4.33. The molecule has 0 fully saturated rings.